The summed E-state index contributed by atoms with van der Waals surface area (Å²) in [6.07, 6.45) is 1.54. The Balaban J connectivity index is 2.81. The van der Waals surface area contributed by atoms with E-state index in [9.17, 15) is 4.79 Å². The van der Waals surface area contributed by atoms with Gasteiger partial charge in [-0.1, -0.05) is 0 Å². The van der Waals surface area contributed by atoms with E-state index in [4.69, 9.17) is 5.11 Å². The molecule has 7 heavy (non-hydrogen) atoms. The average Bonchev–Trinajstić information content (AvgIpc) is 1.61. The van der Waals surface area contributed by atoms with Crippen molar-refractivity contribution < 1.29 is 9.90 Å². The first-order valence-corrected chi connectivity index (χ1v) is 2.39. The van der Waals surface area contributed by atoms with Crippen LogP contribution in [0.5, 0.6) is 0 Å². The standard InChI is InChI=1S/C5H10O2/c1-5(7)3-2-4-6/h4-5,7H,2-3H2,1H3. The molecule has 42 valence electrons. The quantitative estimate of drug-likeness (QED) is 0.522. The highest BCUT2D eigenvalue weighted by molar-refractivity contribution is 5.49. The largest absolute Gasteiger partial charge is 0.393 e. The van der Waals surface area contributed by atoms with Crippen LogP contribution in [0.2, 0.25) is 0 Å². The molecule has 0 saturated heterocycles. The molecular formula is C5H10O2. The van der Waals surface area contributed by atoms with E-state index in [1.165, 1.54) is 0 Å². The van der Waals surface area contributed by atoms with E-state index >= 15 is 0 Å². The third kappa shape index (κ3) is 5.63. The second-order valence-electron chi connectivity index (χ2n) is 1.59. The van der Waals surface area contributed by atoms with Crippen molar-refractivity contribution in [2.75, 3.05) is 0 Å². The van der Waals surface area contributed by atoms with E-state index < -0.39 is 0 Å². The van der Waals surface area contributed by atoms with Gasteiger partial charge in [0.2, 0.25) is 0 Å². The van der Waals surface area contributed by atoms with E-state index in [-0.39, 0.29) is 6.10 Å². The Kier molecular flexibility index (Phi) is 3.61. The van der Waals surface area contributed by atoms with Crippen molar-refractivity contribution in [3.05, 3.63) is 0 Å². The molecule has 0 aliphatic carbocycles. The zero-order valence-corrected chi connectivity index (χ0v) is 4.42. The van der Waals surface area contributed by atoms with Crippen LogP contribution in [0.1, 0.15) is 19.8 Å². The highest BCUT2D eigenvalue weighted by atomic mass is 16.3. The van der Waals surface area contributed by atoms with Gasteiger partial charge in [0.1, 0.15) is 6.29 Å². The fourth-order valence-electron chi connectivity index (χ4n) is 0.309. The van der Waals surface area contributed by atoms with Gasteiger partial charge in [0, 0.05) is 6.42 Å². The van der Waals surface area contributed by atoms with Crippen molar-refractivity contribution in [3.63, 3.8) is 0 Å². The summed E-state index contributed by atoms with van der Waals surface area (Å²) in [6.45, 7) is 1.67. The molecule has 0 aliphatic heterocycles. The number of aliphatic hydroxyl groups excluding tert-OH is 1. The van der Waals surface area contributed by atoms with Gasteiger partial charge >= 0.3 is 0 Å². The highest BCUT2D eigenvalue weighted by Crippen LogP contribution is 1.90. The number of carbonyl (C=O) groups is 1. The second-order valence-corrected chi connectivity index (χ2v) is 1.59. The lowest BCUT2D eigenvalue weighted by atomic mass is 10.2. The number of rotatable bonds is 3. The zero-order valence-electron chi connectivity index (χ0n) is 4.42. The van der Waals surface area contributed by atoms with Crippen LogP contribution >= 0.6 is 0 Å². The molecule has 0 saturated carbocycles. The lowest BCUT2D eigenvalue weighted by Crippen LogP contribution is -1.98. The molecule has 2 heteroatoms. The van der Waals surface area contributed by atoms with E-state index in [0.29, 0.717) is 12.8 Å². The second kappa shape index (κ2) is 3.81. The van der Waals surface area contributed by atoms with Crippen LogP contribution in [0.4, 0.5) is 0 Å². The molecule has 0 amide bonds. The lowest BCUT2D eigenvalue weighted by Gasteiger charge is -1.95. The SMILES string of the molecule is CC(O)CCC=O. The highest BCUT2D eigenvalue weighted by Gasteiger charge is 1.90. The Bertz CT molecular complexity index is 50.0. The normalized spacial score (nSPS) is 13.4. The summed E-state index contributed by atoms with van der Waals surface area (Å²) in [5, 5.41) is 8.52. The molecular weight excluding hydrogens is 92.1 g/mol. The van der Waals surface area contributed by atoms with Crippen LogP contribution in [0, 0.1) is 0 Å². The molecule has 0 heterocycles. The Morgan fingerprint density at radius 2 is 2.43 bits per heavy atom. The van der Waals surface area contributed by atoms with E-state index in [0.717, 1.165) is 6.29 Å². The molecule has 0 fully saturated rings. The van der Waals surface area contributed by atoms with Crippen molar-refractivity contribution >= 4 is 6.29 Å². The molecule has 0 aromatic carbocycles. The van der Waals surface area contributed by atoms with E-state index in [1.54, 1.807) is 6.92 Å². The summed E-state index contributed by atoms with van der Waals surface area (Å²) in [6, 6.07) is 0. The fraction of sp³-hybridized carbons (Fsp3) is 0.800. The van der Waals surface area contributed by atoms with E-state index in [1.807, 2.05) is 0 Å². The first-order valence-electron chi connectivity index (χ1n) is 2.39. The molecule has 0 rings (SSSR count). The van der Waals surface area contributed by atoms with Gasteiger partial charge in [-0.2, -0.15) is 0 Å². The molecule has 0 aromatic rings. The lowest BCUT2D eigenvalue weighted by molar-refractivity contribution is -0.108. The van der Waals surface area contributed by atoms with Crippen molar-refractivity contribution in [1.82, 2.24) is 0 Å². The average molecular weight is 102 g/mol. The number of aliphatic hydroxyl groups is 1. The van der Waals surface area contributed by atoms with E-state index in [2.05, 4.69) is 0 Å². The maximum absolute atomic E-state index is 9.60. The number of carbonyl (C=O) groups excluding carboxylic acids is 1. The Hall–Kier alpha value is -0.370. The number of hydrogen-bond donors (Lipinski definition) is 1. The summed E-state index contributed by atoms with van der Waals surface area (Å²) in [5.74, 6) is 0. The number of hydrogen-bond acceptors (Lipinski definition) is 2. The monoisotopic (exact) mass is 102 g/mol. The first kappa shape index (κ1) is 6.63. The Morgan fingerprint density at radius 3 is 2.57 bits per heavy atom. The van der Waals surface area contributed by atoms with Gasteiger partial charge < -0.3 is 9.90 Å². The third-order valence-corrected chi connectivity index (χ3v) is 0.702. The van der Waals surface area contributed by atoms with Gasteiger partial charge in [-0.25, -0.2) is 0 Å². The van der Waals surface area contributed by atoms with Crippen molar-refractivity contribution in [2.45, 2.75) is 25.9 Å². The van der Waals surface area contributed by atoms with Crippen molar-refractivity contribution in [3.8, 4) is 0 Å². The first-order chi connectivity index (χ1) is 3.27. The summed E-state index contributed by atoms with van der Waals surface area (Å²) >= 11 is 0. The van der Waals surface area contributed by atoms with Gasteiger partial charge in [-0.05, 0) is 13.3 Å². The molecule has 1 N–H and O–H groups in total. The fourth-order valence-corrected chi connectivity index (χ4v) is 0.309. The molecule has 2 nitrogen and oxygen atoms in total. The zero-order chi connectivity index (χ0) is 5.70. The molecule has 1 unspecified atom stereocenters. The maximum Gasteiger partial charge on any atom is 0.120 e. The van der Waals surface area contributed by atoms with Crippen LogP contribution in [0.25, 0.3) is 0 Å². The van der Waals surface area contributed by atoms with Gasteiger partial charge in [-0.3, -0.25) is 0 Å². The summed E-state index contributed by atoms with van der Waals surface area (Å²) in [5.41, 5.74) is 0. The molecule has 0 aliphatic rings. The molecule has 0 spiro atoms. The van der Waals surface area contributed by atoms with Gasteiger partial charge in [-0.15, -0.1) is 0 Å². The minimum atomic E-state index is -0.329. The van der Waals surface area contributed by atoms with Crippen LogP contribution < -0.4 is 0 Å². The van der Waals surface area contributed by atoms with Crippen molar-refractivity contribution in [2.24, 2.45) is 0 Å². The summed E-state index contributed by atoms with van der Waals surface area (Å²) in [4.78, 5) is 9.60. The van der Waals surface area contributed by atoms with Gasteiger partial charge in [0.15, 0.2) is 0 Å². The van der Waals surface area contributed by atoms with Crippen LogP contribution in [0.15, 0.2) is 0 Å². The van der Waals surface area contributed by atoms with Crippen LogP contribution in [-0.2, 0) is 4.79 Å². The van der Waals surface area contributed by atoms with Crippen molar-refractivity contribution in [1.29, 1.82) is 0 Å². The smallest absolute Gasteiger partial charge is 0.120 e. The Labute approximate surface area is 43.2 Å². The Morgan fingerprint density at radius 1 is 1.86 bits per heavy atom. The van der Waals surface area contributed by atoms with Crippen LogP contribution in [-0.4, -0.2) is 17.5 Å². The maximum atomic E-state index is 9.60. The molecule has 0 radical (unpaired) electrons. The molecule has 0 bridgehead atoms. The third-order valence-electron chi connectivity index (χ3n) is 0.702. The van der Waals surface area contributed by atoms with Gasteiger partial charge in [0.05, 0.1) is 6.10 Å². The van der Waals surface area contributed by atoms with Crippen LogP contribution in [0.3, 0.4) is 0 Å². The predicted octanol–water partition coefficient (Wildman–Crippen LogP) is 0.346. The topological polar surface area (TPSA) is 37.3 Å². The predicted molar refractivity (Wildman–Crippen MR) is 27.0 cm³/mol. The van der Waals surface area contributed by atoms with Gasteiger partial charge in [0.25, 0.3) is 0 Å². The molecule has 1 atom stereocenters. The minimum Gasteiger partial charge on any atom is -0.393 e. The summed E-state index contributed by atoms with van der Waals surface area (Å²) in [7, 11) is 0. The summed E-state index contributed by atoms with van der Waals surface area (Å²) < 4.78 is 0. The minimum absolute atomic E-state index is 0.329. The number of aldehydes is 1. The molecule has 0 aromatic heterocycles.